The van der Waals surface area contributed by atoms with E-state index in [0.717, 1.165) is 24.2 Å². The van der Waals surface area contributed by atoms with Gasteiger partial charge in [-0.3, -0.25) is 0 Å². The van der Waals surface area contributed by atoms with Gasteiger partial charge >= 0.3 is 6.03 Å². The van der Waals surface area contributed by atoms with Crippen LogP contribution in [-0.2, 0) is 16.8 Å². The Morgan fingerprint density at radius 3 is 2.82 bits per heavy atom. The molecule has 8 nitrogen and oxygen atoms in total. The summed E-state index contributed by atoms with van der Waals surface area (Å²) in [6.07, 6.45) is 3.43. The number of ether oxygens (including phenoxy) is 1. The average molecular weight is 376 g/mol. The van der Waals surface area contributed by atoms with Crippen molar-refractivity contribution in [2.24, 2.45) is 0 Å². The van der Waals surface area contributed by atoms with Crippen molar-refractivity contribution in [1.29, 1.82) is 0 Å². The summed E-state index contributed by atoms with van der Waals surface area (Å²) < 4.78 is 7.76. The number of rotatable bonds is 2. The zero-order valence-electron chi connectivity index (χ0n) is 15.3. The van der Waals surface area contributed by atoms with Crippen molar-refractivity contribution in [3.63, 3.8) is 0 Å². The Morgan fingerprint density at radius 1 is 1.14 bits per heavy atom. The number of urea groups is 1. The van der Waals surface area contributed by atoms with Crippen LogP contribution in [0.15, 0.2) is 54.9 Å². The lowest BCUT2D eigenvalue weighted by atomic mass is 9.94. The maximum absolute atomic E-state index is 12.9. The third kappa shape index (κ3) is 2.91. The summed E-state index contributed by atoms with van der Waals surface area (Å²) in [7, 11) is 0. The van der Waals surface area contributed by atoms with Crippen LogP contribution in [-0.4, -0.2) is 50.8 Å². The zero-order chi connectivity index (χ0) is 19.0. The minimum Gasteiger partial charge on any atom is -0.367 e. The third-order valence-electron chi connectivity index (χ3n) is 5.51. The molecule has 1 aromatic heterocycles. The molecule has 1 N–H and O–H groups in total. The molecule has 2 amide bonds. The Kier molecular flexibility index (Phi) is 4.05. The second kappa shape index (κ2) is 6.72. The molecule has 1 spiro atoms. The van der Waals surface area contributed by atoms with Crippen molar-refractivity contribution in [3.05, 3.63) is 66.0 Å². The molecule has 1 saturated heterocycles. The number of anilines is 1. The fraction of sp³-hybridized carbons (Fsp3) is 0.300. The molecule has 1 aliphatic carbocycles. The predicted octanol–water partition coefficient (Wildman–Crippen LogP) is 2.37. The summed E-state index contributed by atoms with van der Waals surface area (Å²) in [5.74, 6) is 0. The molecule has 2 aromatic carbocycles. The van der Waals surface area contributed by atoms with E-state index in [-0.39, 0.29) is 11.6 Å². The fourth-order valence-electron chi connectivity index (χ4n) is 4.11. The smallest absolute Gasteiger partial charge is 0.322 e. The highest BCUT2D eigenvalue weighted by Gasteiger charge is 2.44. The third-order valence-corrected chi connectivity index (χ3v) is 5.51. The van der Waals surface area contributed by atoms with E-state index in [0.29, 0.717) is 19.7 Å². The van der Waals surface area contributed by atoms with E-state index in [9.17, 15) is 4.79 Å². The molecule has 0 bridgehead atoms. The Labute approximate surface area is 162 Å². The summed E-state index contributed by atoms with van der Waals surface area (Å²) in [5, 5.41) is 14.1. The van der Waals surface area contributed by atoms with E-state index in [1.165, 1.54) is 17.5 Å². The first kappa shape index (κ1) is 16.9. The van der Waals surface area contributed by atoms with Gasteiger partial charge in [0.1, 0.15) is 11.9 Å². The van der Waals surface area contributed by atoms with E-state index in [2.05, 4.69) is 39.0 Å². The van der Waals surface area contributed by atoms with Gasteiger partial charge in [-0.15, -0.1) is 5.10 Å². The zero-order valence-corrected chi connectivity index (χ0v) is 15.3. The Balaban J connectivity index is 1.29. The van der Waals surface area contributed by atoms with Gasteiger partial charge in [-0.25, -0.2) is 9.48 Å². The number of aryl methyl sites for hydroxylation is 1. The molecular weight excluding hydrogens is 356 g/mol. The van der Waals surface area contributed by atoms with Crippen LogP contribution >= 0.6 is 0 Å². The van der Waals surface area contributed by atoms with Crippen molar-refractivity contribution in [2.45, 2.75) is 18.4 Å². The van der Waals surface area contributed by atoms with Gasteiger partial charge in [-0.2, -0.15) is 0 Å². The van der Waals surface area contributed by atoms with Crippen LogP contribution < -0.4 is 5.32 Å². The summed E-state index contributed by atoms with van der Waals surface area (Å²) in [6, 6.07) is 15.7. The van der Waals surface area contributed by atoms with Gasteiger partial charge in [0.25, 0.3) is 0 Å². The number of hydrogen-bond donors (Lipinski definition) is 1. The van der Waals surface area contributed by atoms with Gasteiger partial charge in [0.15, 0.2) is 0 Å². The Bertz CT molecular complexity index is 984. The summed E-state index contributed by atoms with van der Waals surface area (Å²) in [4.78, 5) is 14.7. The van der Waals surface area contributed by atoms with E-state index in [4.69, 9.17) is 4.74 Å². The van der Waals surface area contributed by atoms with E-state index >= 15 is 0 Å². The molecule has 8 heteroatoms. The molecule has 1 atom stereocenters. The highest BCUT2D eigenvalue weighted by molar-refractivity contribution is 5.89. The SMILES string of the molecule is O=C(Nc1ccc(-n2cnnn2)cc1)N1CCOC2(CCc3ccccc32)C1. The van der Waals surface area contributed by atoms with Crippen LogP contribution in [0.25, 0.3) is 5.69 Å². The number of amides is 2. The molecule has 2 aliphatic rings. The molecular formula is C20H20N6O2. The highest BCUT2D eigenvalue weighted by atomic mass is 16.5. The predicted molar refractivity (Wildman–Crippen MR) is 102 cm³/mol. The van der Waals surface area contributed by atoms with Gasteiger partial charge < -0.3 is 15.0 Å². The Hall–Kier alpha value is -3.26. The van der Waals surface area contributed by atoms with Crippen molar-refractivity contribution < 1.29 is 9.53 Å². The number of aromatic nitrogens is 4. The van der Waals surface area contributed by atoms with Gasteiger partial charge in [0.05, 0.1) is 18.8 Å². The van der Waals surface area contributed by atoms with E-state index in [1.807, 2.05) is 35.2 Å². The second-order valence-corrected chi connectivity index (χ2v) is 7.15. The van der Waals surface area contributed by atoms with Crippen LogP contribution in [0.1, 0.15) is 17.5 Å². The van der Waals surface area contributed by atoms with E-state index in [1.54, 1.807) is 4.68 Å². The molecule has 0 saturated carbocycles. The number of benzene rings is 2. The molecule has 1 fully saturated rings. The van der Waals surface area contributed by atoms with Gasteiger partial charge in [0.2, 0.25) is 0 Å². The van der Waals surface area contributed by atoms with Crippen LogP contribution in [0.4, 0.5) is 10.5 Å². The summed E-state index contributed by atoms with van der Waals surface area (Å²) in [6.45, 7) is 1.69. The number of tetrazole rings is 1. The first-order chi connectivity index (χ1) is 13.7. The van der Waals surface area contributed by atoms with Gasteiger partial charge in [0, 0.05) is 12.2 Å². The van der Waals surface area contributed by atoms with Crippen LogP contribution in [0.5, 0.6) is 0 Å². The number of fused-ring (bicyclic) bond motifs is 2. The second-order valence-electron chi connectivity index (χ2n) is 7.15. The summed E-state index contributed by atoms with van der Waals surface area (Å²) >= 11 is 0. The lowest BCUT2D eigenvalue weighted by molar-refractivity contribution is -0.100. The number of morpholine rings is 1. The fourth-order valence-corrected chi connectivity index (χ4v) is 4.11. The van der Waals surface area contributed by atoms with Crippen LogP contribution in [0.3, 0.4) is 0 Å². The molecule has 142 valence electrons. The highest BCUT2D eigenvalue weighted by Crippen LogP contribution is 2.42. The molecule has 1 unspecified atom stereocenters. The normalized spacial score (nSPS) is 20.9. The van der Waals surface area contributed by atoms with Crippen molar-refractivity contribution in [1.82, 2.24) is 25.1 Å². The number of nitrogens with zero attached hydrogens (tertiary/aromatic N) is 5. The van der Waals surface area contributed by atoms with Crippen LogP contribution in [0.2, 0.25) is 0 Å². The van der Waals surface area contributed by atoms with Gasteiger partial charge in [-0.05, 0) is 58.7 Å². The minimum absolute atomic E-state index is 0.109. The number of nitrogens with one attached hydrogen (secondary N) is 1. The number of carbonyl (C=O) groups is 1. The lowest BCUT2D eigenvalue weighted by Gasteiger charge is -2.41. The Morgan fingerprint density at radius 2 is 2.00 bits per heavy atom. The topological polar surface area (TPSA) is 85.2 Å². The van der Waals surface area contributed by atoms with Crippen molar-refractivity contribution >= 4 is 11.7 Å². The molecule has 3 aromatic rings. The molecule has 28 heavy (non-hydrogen) atoms. The molecule has 5 rings (SSSR count). The first-order valence-electron chi connectivity index (χ1n) is 9.35. The monoisotopic (exact) mass is 376 g/mol. The standard InChI is InChI=1S/C20H20N6O2/c27-19(22-16-5-7-17(8-6-16)26-14-21-23-24-26)25-11-12-28-20(13-25)10-9-15-3-1-2-4-18(15)20/h1-8,14H,9-13H2,(H,22,27). The van der Waals surface area contributed by atoms with Crippen molar-refractivity contribution in [2.75, 3.05) is 25.0 Å². The first-order valence-corrected chi connectivity index (χ1v) is 9.35. The maximum Gasteiger partial charge on any atom is 0.322 e. The minimum atomic E-state index is -0.379. The largest absolute Gasteiger partial charge is 0.367 e. The average Bonchev–Trinajstić information content (AvgIpc) is 3.39. The van der Waals surface area contributed by atoms with E-state index < -0.39 is 0 Å². The maximum atomic E-state index is 12.9. The molecule has 2 heterocycles. The van der Waals surface area contributed by atoms with Gasteiger partial charge in [-0.1, -0.05) is 24.3 Å². The molecule has 0 radical (unpaired) electrons. The number of hydrogen-bond acceptors (Lipinski definition) is 5. The molecule has 1 aliphatic heterocycles. The van der Waals surface area contributed by atoms with Crippen LogP contribution in [0, 0.1) is 0 Å². The summed E-state index contributed by atoms with van der Waals surface area (Å²) in [5.41, 5.74) is 3.72. The lowest BCUT2D eigenvalue weighted by Crippen LogP contribution is -2.52. The van der Waals surface area contributed by atoms with Crippen molar-refractivity contribution in [3.8, 4) is 5.69 Å². The quantitative estimate of drug-likeness (QED) is 0.742. The number of carbonyl (C=O) groups excluding carboxylic acids is 1.